The Balaban J connectivity index is 1.87. The Hall–Kier alpha value is -2.78. The Kier molecular flexibility index (Phi) is 6.05. The number of rotatable bonds is 5. The average molecular weight is 462 g/mol. The summed E-state index contributed by atoms with van der Waals surface area (Å²) >= 11 is 4.33. The van der Waals surface area contributed by atoms with Gasteiger partial charge in [-0.15, -0.1) is 0 Å². The number of amides is 1. The number of aliphatic imine (C=N–C) groups is 1. The molecule has 0 saturated carbocycles. The quantitative estimate of drug-likeness (QED) is 0.658. The van der Waals surface area contributed by atoms with Gasteiger partial charge in [0.25, 0.3) is 5.91 Å². The van der Waals surface area contributed by atoms with Gasteiger partial charge >= 0.3 is 5.97 Å². The highest BCUT2D eigenvalue weighted by Crippen LogP contribution is 2.35. The van der Waals surface area contributed by atoms with Gasteiger partial charge in [0.05, 0.1) is 22.8 Å². The lowest BCUT2D eigenvalue weighted by molar-refractivity contribution is -0.271. The molecule has 144 valence electrons. The number of carboxylic acids is 1. The third-order valence-corrected chi connectivity index (χ3v) is 5.10. The maximum Gasteiger partial charge on any atom is 0.335 e. The maximum absolute atomic E-state index is 12.2. The first-order valence-electron chi connectivity index (χ1n) is 8.13. The van der Waals surface area contributed by atoms with Gasteiger partial charge in [0.2, 0.25) is 0 Å². The summed E-state index contributed by atoms with van der Waals surface area (Å²) in [4.78, 5) is 28.0. The summed E-state index contributed by atoms with van der Waals surface area (Å²) in [6.07, 6.45) is 1.63. The van der Waals surface area contributed by atoms with Crippen molar-refractivity contribution in [2.24, 2.45) is 4.99 Å². The van der Waals surface area contributed by atoms with Crippen molar-refractivity contribution in [1.29, 1.82) is 0 Å². The number of thioether (sulfide) groups is 1. The zero-order valence-electron chi connectivity index (χ0n) is 14.6. The van der Waals surface area contributed by atoms with Crippen LogP contribution in [0.3, 0.4) is 0 Å². The molecule has 1 fully saturated rings. The van der Waals surface area contributed by atoms with E-state index in [0.717, 1.165) is 11.8 Å². The van der Waals surface area contributed by atoms with E-state index in [9.17, 15) is 14.7 Å². The predicted octanol–water partition coefficient (Wildman–Crippen LogP) is 3.51. The summed E-state index contributed by atoms with van der Waals surface area (Å²) in [5.74, 6) is -1.44. The van der Waals surface area contributed by atoms with Crippen molar-refractivity contribution < 1.29 is 24.5 Å². The summed E-state index contributed by atoms with van der Waals surface area (Å²) < 4.78 is 5.67. The molecule has 3 rings (SSSR count). The van der Waals surface area contributed by atoms with E-state index in [-0.39, 0.29) is 23.0 Å². The standard InChI is InChI=1S/C19H15BrN2O5S/c1-2-27-14-7-10(6-13(20)16(14)23)8-15-17(24)22-19(28-15)21-12-5-3-4-11(9-12)18(25)26/h3-9,23H,2H2,1H3,(H,25,26)(H,21,22,24)/p-1/b15-8-. The number of hydrogen-bond donors (Lipinski definition) is 2. The molecule has 1 heterocycles. The van der Waals surface area contributed by atoms with Crippen molar-refractivity contribution in [3.63, 3.8) is 0 Å². The fraction of sp³-hybridized carbons (Fsp3) is 0.105. The second-order valence-electron chi connectivity index (χ2n) is 5.60. The Bertz CT molecular complexity index is 1020. The van der Waals surface area contributed by atoms with Gasteiger partial charge in [-0.05, 0) is 60.7 Å². The average Bonchev–Trinajstić information content (AvgIpc) is 2.98. The predicted molar refractivity (Wildman–Crippen MR) is 109 cm³/mol. The molecular formula is C19H14BrN2O5S-. The number of benzene rings is 2. The number of nitrogens with one attached hydrogen (secondary N) is 1. The number of ether oxygens (including phenoxy) is 1. The lowest BCUT2D eigenvalue weighted by Crippen LogP contribution is -2.19. The molecule has 0 aliphatic carbocycles. The molecule has 28 heavy (non-hydrogen) atoms. The van der Waals surface area contributed by atoms with Crippen LogP contribution in [0.25, 0.3) is 6.08 Å². The van der Waals surface area contributed by atoms with Gasteiger partial charge in [-0.2, -0.15) is 0 Å². The van der Waals surface area contributed by atoms with Gasteiger partial charge in [0.1, 0.15) is 5.75 Å². The van der Waals surface area contributed by atoms with Crippen LogP contribution in [0, 0.1) is 0 Å². The first-order chi connectivity index (χ1) is 13.4. The first-order valence-corrected chi connectivity index (χ1v) is 9.74. The summed E-state index contributed by atoms with van der Waals surface area (Å²) in [7, 11) is 0. The van der Waals surface area contributed by atoms with Gasteiger partial charge in [-0.25, -0.2) is 9.79 Å². The van der Waals surface area contributed by atoms with Gasteiger partial charge in [0, 0.05) is 4.47 Å². The van der Waals surface area contributed by atoms with Gasteiger partial charge in [0.15, 0.2) is 5.17 Å². The Labute approximate surface area is 173 Å². The van der Waals surface area contributed by atoms with E-state index in [0.29, 0.717) is 32.4 Å². The normalized spacial score (nSPS) is 16.4. The largest absolute Gasteiger partial charge is 0.869 e. The van der Waals surface area contributed by atoms with Crippen molar-refractivity contribution in [3.05, 3.63) is 56.9 Å². The van der Waals surface area contributed by atoms with Gasteiger partial charge < -0.3 is 20.3 Å². The minimum Gasteiger partial charge on any atom is -0.869 e. The first kappa shape index (κ1) is 20.0. The summed E-state index contributed by atoms with van der Waals surface area (Å²) in [5, 5.41) is 24.0. The molecule has 2 N–H and O–H groups in total. The smallest absolute Gasteiger partial charge is 0.335 e. The molecule has 9 heteroatoms. The van der Waals surface area contributed by atoms with E-state index in [1.807, 2.05) is 0 Å². The number of carboxylic acid groups (broad SMARTS) is 1. The molecule has 1 aliphatic rings. The number of hydrogen-bond acceptors (Lipinski definition) is 6. The van der Waals surface area contributed by atoms with Crippen LogP contribution < -0.4 is 15.2 Å². The maximum atomic E-state index is 12.2. The van der Waals surface area contributed by atoms with Crippen LogP contribution >= 0.6 is 27.7 Å². The molecule has 0 unspecified atom stereocenters. The minimum atomic E-state index is -1.05. The van der Waals surface area contributed by atoms with Crippen molar-refractivity contribution in [2.45, 2.75) is 6.92 Å². The third kappa shape index (κ3) is 4.55. The number of carbonyl (C=O) groups excluding carboxylic acids is 1. The number of carbonyl (C=O) groups is 2. The van der Waals surface area contributed by atoms with E-state index in [1.54, 1.807) is 37.3 Å². The van der Waals surface area contributed by atoms with Crippen molar-refractivity contribution in [2.75, 3.05) is 6.61 Å². The molecule has 0 atom stereocenters. The molecule has 0 aromatic heterocycles. The molecule has 0 radical (unpaired) electrons. The van der Waals surface area contributed by atoms with Crippen LogP contribution in [-0.4, -0.2) is 28.8 Å². The van der Waals surface area contributed by atoms with E-state index >= 15 is 0 Å². The summed E-state index contributed by atoms with van der Waals surface area (Å²) in [6.45, 7) is 2.13. The van der Waals surface area contributed by atoms with Crippen LogP contribution in [0.5, 0.6) is 11.5 Å². The molecule has 0 bridgehead atoms. The van der Waals surface area contributed by atoms with E-state index in [4.69, 9.17) is 9.84 Å². The summed E-state index contributed by atoms with van der Waals surface area (Å²) in [5.41, 5.74) is 1.15. The second-order valence-corrected chi connectivity index (χ2v) is 7.49. The van der Waals surface area contributed by atoms with Crippen LogP contribution in [0.15, 0.2) is 50.8 Å². The Morgan fingerprint density at radius 3 is 2.89 bits per heavy atom. The molecule has 1 saturated heterocycles. The van der Waals surface area contributed by atoms with Crippen LogP contribution in [0.2, 0.25) is 0 Å². The molecular weight excluding hydrogens is 448 g/mol. The Morgan fingerprint density at radius 1 is 1.39 bits per heavy atom. The van der Waals surface area contributed by atoms with Crippen molar-refractivity contribution in [3.8, 4) is 11.5 Å². The highest BCUT2D eigenvalue weighted by molar-refractivity contribution is 9.10. The highest BCUT2D eigenvalue weighted by Gasteiger charge is 2.24. The molecule has 2 aromatic carbocycles. The van der Waals surface area contributed by atoms with Crippen molar-refractivity contribution >= 4 is 56.5 Å². The summed E-state index contributed by atoms with van der Waals surface area (Å²) in [6, 6.07) is 9.29. The molecule has 2 aromatic rings. The van der Waals surface area contributed by atoms with E-state index in [2.05, 4.69) is 26.2 Å². The minimum absolute atomic E-state index is 0.109. The lowest BCUT2D eigenvalue weighted by Gasteiger charge is -2.16. The zero-order valence-corrected chi connectivity index (χ0v) is 17.0. The number of halogens is 1. The fourth-order valence-corrected chi connectivity index (χ4v) is 3.69. The molecule has 7 nitrogen and oxygen atoms in total. The number of aromatic carboxylic acids is 1. The topological polar surface area (TPSA) is 111 Å². The Morgan fingerprint density at radius 2 is 2.18 bits per heavy atom. The fourth-order valence-electron chi connectivity index (χ4n) is 2.39. The molecule has 1 amide bonds. The van der Waals surface area contributed by atoms with Crippen LogP contribution in [-0.2, 0) is 4.79 Å². The zero-order chi connectivity index (χ0) is 20.3. The monoisotopic (exact) mass is 461 g/mol. The molecule has 1 aliphatic heterocycles. The SMILES string of the molecule is CCOc1cc(/C=C2\SC(=Nc3cccc(C(=O)O)c3)NC2=O)cc(Br)c1[O-]. The lowest BCUT2D eigenvalue weighted by atomic mass is 10.2. The molecule has 0 spiro atoms. The van der Waals surface area contributed by atoms with Crippen molar-refractivity contribution in [1.82, 2.24) is 5.32 Å². The number of nitrogens with zero attached hydrogens (tertiary/aromatic N) is 1. The van der Waals surface area contributed by atoms with Gasteiger partial charge in [-0.1, -0.05) is 27.7 Å². The second kappa shape index (κ2) is 8.49. The van der Waals surface area contributed by atoms with E-state index < -0.39 is 5.97 Å². The van der Waals surface area contributed by atoms with E-state index in [1.165, 1.54) is 12.1 Å². The highest BCUT2D eigenvalue weighted by atomic mass is 79.9. The third-order valence-electron chi connectivity index (χ3n) is 3.60. The van der Waals surface area contributed by atoms with Gasteiger partial charge in [-0.3, -0.25) is 4.79 Å². The van der Waals surface area contributed by atoms with Crippen LogP contribution in [0.4, 0.5) is 5.69 Å². The number of amidine groups is 1. The van der Waals surface area contributed by atoms with Crippen LogP contribution in [0.1, 0.15) is 22.8 Å².